The first kappa shape index (κ1) is 15.9. The van der Waals surface area contributed by atoms with Crippen LogP contribution in [0.2, 0.25) is 0 Å². The smallest absolute Gasteiger partial charge is 0.230 e. The second kappa shape index (κ2) is 6.64. The maximum Gasteiger partial charge on any atom is 0.230 e. The van der Waals surface area contributed by atoms with Crippen molar-refractivity contribution in [1.29, 1.82) is 0 Å². The summed E-state index contributed by atoms with van der Waals surface area (Å²) >= 11 is 3.07. The molecule has 0 radical (unpaired) electrons. The molecule has 0 saturated heterocycles. The van der Waals surface area contributed by atoms with Gasteiger partial charge < -0.3 is 5.32 Å². The summed E-state index contributed by atoms with van der Waals surface area (Å²) in [6.07, 6.45) is 0.390. The second-order valence-electron chi connectivity index (χ2n) is 5.67. The fraction of sp³-hybridized carbons (Fsp3) is 0.222. The van der Waals surface area contributed by atoms with E-state index in [0.717, 1.165) is 16.8 Å². The Bertz CT molecular complexity index is 812. The molecular weight excluding hydrogens is 324 g/mol. The van der Waals surface area contributed by atoms with Crippen molar-refractivity contribution in [1.82, 2.24) is 4.98 Å². The van der Waals surface area contributed by atoms with Crippen LogP contribution in [0.1, 0.15) is 22.3 Å². The van der Waals surface area contributed by atoms with Crippen molar-refractivity contribution in [3.05, 3.63) is 56.6 Å². The van der Waals surface area contributed by atoms with Gasteiger partial charge in [0.1, 0.15) is 0 Å². The molecule has 3 nitrogen and oxygen atoms in total. The number of amides is 1. The van der Waals surface area contributed by atoms with Gasteiger partial charge in [0.2, 0.25) is 5.91 Å². The Kier molecular flexibility index (Phi) is 4.59. The summed E-state index contributed by atoms with van der Waals surface area (Å²) in [7, 11) is 0. The lowest BCUT2D eigenvalue weighted by molar-refractivity contribution is -0.115. The first-order chi connectivity index (χ1) is 11.0. The first-order valence-electron chi connectivity index (χ1n) is 7.37. The van der Waals surface area contributed by atoms with Crippen LogP contribution >= 0.6 is 22.7 Å². The van der Waals surface area contributed by atoms with Gasteiger partial charge in [0.05, 0.1) is 12.1 Å². The Morgan fingerprint density at radius 3 is 2.57 bits per heavy atom. The number of nitrogens with zero attached hydrogens (tertiary/aromatic N) is 1. The average Bonchev–Trinajstić information content (AvgIpc) is 3.10. The van der Waals surface area contributed by atoms with E-state index in [4.69, 9.17) is 0 Å². The number of anilines is 1. The van der Waals surface area contributed by atoms with Gasteiger partial charge in [-0.1, -0.05) is 17.7 Å². The van der Waals surface area contributed by atoms with Crippen LogP contribution in [0.3, 0.4) is 0 Å². The van der Waals surface area contributed by atoms with Crippen LogP contribution in [-0.2, 0) is 11.2 Å². The van der Waals surface area contributed by atoms with E-state index in [1.807, 2.05) is 22.2 Å². The van der Waals surface area contributed by atoms with Crippen molar-refractivity contribution in [2.45, 2.75) is 27.2 Å². The third-order valence-electron chi connectivity index (χ3n) is 3.63. The summed E-state index contributed by atoms with van der Waals surface area (Å²) in [4.78, 5) is 16.7. The summed E-state index contributed by atoms with van der Waals surface area (Å²) in [6.45, 7) is 6.30. The predicted molar refractivity (Wildman–Crippen MR) is 98.4 cm³/mol. The molecule has 118 valence electrons. The van der Waals surface area contributed by atoms with Crippen molar-refractivity contribution in [2.24, 2.45) is 0 Å². The fourth-order valence-corrected chi connectivity index (χ4v) is 4.16. The lowest BCUT2D eigenvalue weighted by Gasteiger charge is -2.08. The Morgan fingerprint density at radius 2 is 1.91 bits per heavy atom. The minimum atomic E-state index is -0.0262. The van der Waals surface area contributed by atoms with Crippen molar-refractivity contribution >= 4 is 33.7 Å². The Morgan fingerprint density at radius 1 is 1.17 bits per heavy atom. The molecule has 1 N–H and O–H groups in total. The molecule has 0 unspecified atom stereocenters. The quantitative estimate of drug-likeness (QED) is 0.726. The van der Waals surface area contributed by atoms with E-state index in [9.17, 15) is 4.79 Å². The van der Waals surface area contributed by atoms with Gasteiger partial charge in [-0.3, -0.25) is 4.79 Å². The minimum Gasteiger partial charge on any atom is -0.302 e. The monoisotopic (exact) mass is 342 g/mol. The molecule has 0 aliphatic heterocycles. The molecule has 0 bridgehead atoms. The SMILES string of the molecule is Cc1cc(C)c(-c2csc(NC(=O)Cc3ccsc3)n2)c(C)c1. The van der Waals surface area contributed by atoms with Crippen LogP contribution in [0, 0.1) is 20.8 Å². The van der Waals surface area contributed by atoms with E-state index in [0.29, 0.717) is 11.6 Å². The molecule has 1 aromatic carbocycles. The van der Waals surface area contributed by atoms with E-state index >= 15 is 0 Å². The number of carbonyl (C=O) groups excluding carboxylic acids is 1. The Balaban J connectivity index is 1.77. The lowest BCUT2D eigenvalue weighted by Crippen LogP contribution is -2.13. The van der Waals surface area contributed by atoms with Crippen LogP contribution < -0.4 is 5.32 Å². The molecule has 5 heteroatoms. The number of nitrogens with one attached hydrogen (secondary N) is 1. The maximum atomic E-state index is 12.1. The van der Waals surface area contributed by atoms with Crippen molar-refractivity contribution in [2.75, 3.05) is 5.32 Å². The number of rotatable bonds is 4. The lowest BCUT2D eigenvalue weighted by atomic mass is 9.98. The number of hydrogen-bond acceptors (Lipinski definition) is 4. The van der Waals surface area contributed by atoms with Gasteiger partial charge in [0.15, 0.2) is 5.13 Å². The molecule has 0 saturated carbocycles. The molecule has 0 aliphatic carbocycles. The summed E-state index contributed by atoms with van der Waals surface area (Å²) in [5.41, 5.74) is 6.80. The normalized spacial score (nSPS) is 10.7. The molecule has 0 aliphatic rings. The summed E-state index contributed by atoms with van der Waals surface area (Å²) in [5, 5.41) is 9.52. The fourth-order valence-electron chi connectivity index (χ4n) is 2.77. The number of aryl methyl sites for hydroxylation is 3. The van der Waals surface area contributed by atoms with Crippen LogP contribution in [0.15, 0.2) is 34.3 Å². The van der Waals surface area contributed by atoms with Gasteiger partial charge in [-0.25, -0.2) is 4.98 Å². The minimum absolute atomic E-state index is 0.0262. The molecule has 1 amide bonds. The molecule has 23 heavy (non-hydrogen) atoms. The zero-order valence-corrected chi connectivity index (χ0v) is 15.0. The summed E-state index contributed by atoms with van der Waals surface area (Å²) in [5.74, 6) is -0.0262. The van der Waals surface area contributed by atoms with Crippen LogP contribution in [0.25, 0.3) is 11.3 Å². The third-order valence-corrected chi connectivity index (χ3v) is 5.12. The van der Waals surface area contributed by atoms with E-state index in [1.54, 1.807) is 11.3 Å². The third kappa shape index (κ3) is 3.68. The highest BCUT2D eigenvalue weighted by atomic mass is 32.1. The highest BCUT2D eigenvalue weighted by molar-refractivity contribution is 7.14. The predicted octanol–water partition coefficient (Wildman–Crippen LogP) is 4.98. The van der Waals surface area contributed by atoms with Gasteiger partial charge in [0, 0.05) is 10.9 Å². The molecule has 0 fully saturated rings. The van der Waals surface area contributed by atoms with Gasteiger partial charge >= 0.3 is 0 Å². The largest absolute Gasteiger partial charge is 0.302 e. The number of thiophene rings is 1. The van der Waals surface area contributed by atoms with Gasteiger partial charge in [0.25, 0.3) is 0 Å². The van der Waals surface area contributed by atoms with E-state index < -0.39 is 0 Å². The van der Waals surface area contributed by atoms with Crippen molar-refractivity contribution < 1.29 is 4.79 Å². The van der Waals surface area contributed by atoms with Crippen molar-refractivity contribution in [3.63, 3.8) is 0 Å². The first-order valence-corrected chi connectivity index (χ1v) is 9.20. The number of thiazole rings is 1. The molecule has 0 spiro atoms. The molecule has 2 heterocycles. The summed E-state index contributed by atoms with van der Waals surface area (Å²) < 4.78 is 0. The molecule has 2 aromatic heterocycles. The maximum absolute atomic E-state index is 12.1. The standard InChI is InChI=1S/C18H18N2OS2/c1-11-6-12(2)17(13(3)7-11)15-10-23-18(19-15)20-16(21)8-14-4-5-22-9-14/h4-7,9-10H,8H2,1-3H3,(H,19,20,21). The van der Waals surface area contributed by atoms with Gasteiger partial charge in [-0.2, -0.15) is 11.3 Å². The zero-order chi connectivity index (χ0) is 16.4. The van der Waals surface area contributed by atoms with Crippen LogP contribution in [-0.4, -0.2) is 10.9 Å². The average molecular weight is 342 g/mol. The Labute approximate surface area is 144 Å². The number of carbonyl (C=O) groups is 1. The molecule has 0 atom stereocenters. The number of aromatic nitrogens is 1. The topological polar surface area (TPSA) is 42.0 Å². The summed E-state index contributed by atoms with van der Waals surface area (Å²) in [6, 6.07) is 6.30. The van der Waals surface area contributed by atoms with E-state index in [2.05, 4.69) is 43.2 Å². The highest BCUT2D eigenvalue weighted by Gasteiger charge is 2.12. The van der Waals surface area contributed by atoms with E-state index in [1.165, 1.54) is 28.0 Å². The molecule has 3 rings (SSSR count). The van der Waals surface area contributed by atoms with Crippen LogP contribution in [0.4, 0.5) is 5.13 Å². The van der Waals surface area contributed by atoms with Crippen molar-refractivity contribution in [3.8, 4) is 11.3 Å². The highest BCUT2D eigenvalue weighted by Crippen LogP contribution is 2.31. The zero-order valence-electron chi connectivity index (χ0n) is 13.3. The Hall–Kier alpha value is -1.98. The van der Waals surface area contributed by atoms with Crippen LogP contribution in [0.5, 0.6) is 0 Å². The number of benzene rings is 1. The number of hydrogen-bond donors (Lipinski definition) is 1. The van der Waals surface area contributed by atoms with Gasteiger partial charge in [-0.15, -0.1) is 11.3 Å². The molecular formula is C18H18N2OS2. The van der Waals surface area contributed by atoms with Gasteiger partial charge in [-0.05, 0) is 54.3 Å². The second-order valence-corrected chi connectivity index (χ2v) is 7.31. The molecule has 3 aromatic rings. The van der Waals surface area contributed by atoms with E-state index in [-0.39, 0.29) is 5.91 Å².